The maximum atomic E-state index is 11.7. The highest BCUT2D eigenvalue weighted by Gasteiger charge is 2.20. The first-order chi connectivity index (χ1) is 11.4. The Labute approximate surface area is 147 Å². The molecular formula is C19H22ClNO3. The van der Waals surface area contributed by atoms with Gasteiger partial charge in [0.25, 0.3) is 5.91 Å². The minimum absolute atomic E-state index is 0.216. The number of rotatable bonds is 6. The van der Waals surface area contributed by atoms with E-state index in [1.807, 2.05) is 24.3 Å². The fourth-order valence-corrected chi connectivity index (χ4v) is 2.68. The van der Waals surface area contributed by atoms with Gasteiger partial charge in [-0.15, -0.1) is 0 Å². The topological polar surface area (TPSA) is 58.6 Å². The molecule has 2 aromatic rings. The van der Waals surface area contributed by atoms with Crippen molar-refractivity contribution in [1.82, 2.24) is 5.32 Å². The standard InChI is InChI=1S/C19H22ClNO3/c1-12(2)15-6-4-5-7-17(15)24-11-13-10-14(20)8-9-16(13)18(22)19(23)21-3/h4-10,12,18,22H,11H2,1-3H3,(H,21,23). The second kappa shape index (κ2) is 8.18. The number of amides is 1. The van der Waals surface area contributed by atoms with E-state index in [0.29, 0.717) is 22.1 Å². The Hall–Kier alpha value is -2.04. The Morgan fingerprint density at radius 1 is 1.21 bits per heavy atom. The number of nitrogens with one attached hydrogen (secondary N) is 1. The highest BCUT2D eigenvalue weighted by molar-refractivity contribution is 6.30. The van der Waals surface area contributed by atoms with Gasteiger partial charge in [0.05, 0.1) is 0 Å². The number of carbonyl (C=O) groups is 1. The summed E-state index contributed by atoms with van der Waals surface area (Å²) in [7, 11) is 1.48. The van der Waals surface area contributed by atoms with Crippen LogP contribution in [0.3, 0.4) is 0 Å². The molecule has 5 heteroatoms. The predicted molar refractivity (Wildman–Crippen MR) is 95.3 cm³/mol. The second-order valence-electron chi connectivity index (χ2n) is 5.84. The molecule has 1 unspecified atom stereocenters. The number of aliphatic hydroxyl groups excluding tert-OH is 1. The zero-order valence-corrected chi connectivity index (χ0v) is 14.8. The van der Waals surface area contributed by atoms with Crippen LogP contribution in [0, 0.1) is 0 Å². The van der Waals surface area contributed by atoms with Crippen LogP contribution in [0.25, 0.3) is 0 Å². The van der Waals surface area contributed by atoms with E-state index in [1.165, 1.54) is 7.05 Å². The Bertz CT molecular complexity index is 716. The molecule has 4 nitrogen and oxygen atoms in total. The molecule has 0 aliphatic rings. The van der Waals surface area contributed by atoms with Crippen LogP contribution in [0.2, 0.25) is 5.02 Å². The van der Waals surface area contributed by atoms with Crippen molar-refractivity contribution in [2.75, 3.05) is 7.05 Å². The average Bonchev–Trinajstić information content (AvgIpc) is 2.58. The molecule has 2 aromatic carbocycles. The van der Waals surface area contributed by atoms with Crippen molar-refractivity contribution in [3.05, 3.63) is 64.2 Å². The fourth-order valence-electron chi connectivity index (χ4n) is 2.49. The monoisotopic (exact) mass is 347 g/mol. The quantitative estimate of drug-likeness (QED) is 0.835. The van der Waals surface area contributed by atoms with Crippen LogP contribution < -0.4 is 10.1 Å². The number of benzene rings is 2. The Morgan fingerprint density at radius 2 is 1.92 bits per heavy atom. The van der Waals surface area contributed by atoms with E-state index in [2.05, 4.69) is 19.2 Å². The van der Waals surface area contributed by atoms with Crippen molar-refractivity contribution in [2.24, 2.45) is 0 Å². The number of halogens is 1. The number of carbonyl (C=O) groups excluding carboxylic acids is 1. The SMILES string of the molecule is CNC(=O)C(O)c1ccc(Cl)cc1COc1ccccc1C(C)C. The van der Waals surface area contributed by atoms with Crippen LogP contribution in [0.15, 0.2) is 42.5 Å². The highest BCUT2D eigenvalue weighted by atomic mass is 35.5. The molecule has 0 radical (unpaired) electrons. The number of ether oxygens (including phenoxy) is 1. The van der Waals surface area contributed by atoms with E-state index >= 15 is 0 Å². The molecule has 0 heterocycles. The average molecular weight is 348 g/mol. The largest absolute Gasteiger partial charge is 0.489 e. The molecule has 24 heavy (non-hydrogen) atoms. The molecule has 0 fully saturated rings. The lowest BCUT2D eigenvalue weighted by molar-refractivity contribution is -0.129. The first-order valence-corrected chi connectivity index (χ1v) is 8.21. The zero-order valence-electron chi connectivity index (χ0n) is 14.0. The Kier molecular flexibility index (Phi) is 6.23. The summed E-state index contributed by atoms with van der Waals surface area (Å²) in [4.78, 5) is 11.7. The second-order valence-corrected chi connectivity index (χ2v) is 6.28. The minimum Gasteiger partial charge on any atom is -0.489 e. The number of hydrogen-bond donors (Lipinski definition) is 2. The van der Waals surface area contributed by atoms with Gasteiger partial charge in [0.2, 0.25) is 0 Å². The summed E-state index contributed by atoms with van der Waals surface area (Å²) >= 11 is 6.06. The molecule has 0 aliphatic heterocycles. The molecule has 1 atom stereocenters. The van der Waals surface area contributed by atoms with Crippen molar-refractivity contribution in [3.63, 3.8) is 0 Å². The minimum atomic E-state index is -1.26. The van der Waals surface area contributed by atoms with Gasteiger partial charge in [0.15, 0.2) is 6.10 Å². The van der Waals surface area contributed by atoms with Crippen LogP contribution in [0.1, 0.15) is 42.6 Å². The normalized spacial score (nSPS) is 12.1. The van der Waals surface area contributed by atoms with Crippen LogP contribution in [0.4, 0.5) is 0 Å². The van der Waals surface area contributed by atoms with E-state index in [-0.39, 0.29) is 6.61 Å². The van der Waals surface area contributed by atoms with Gasteiger partial charge in [-0.25, -0.2) is 0 Å². The highest BCUT2D eigenvalue weighted by Crippen LogP contribution is 2.28. The van der Waals surface area contributed by atoms with Crippen LogP contribution in [-0.4, -0.2) is 18.1 Å². The molecule has 0 bridgehead atoms. The van der Waals surface area contributed by atoms with Crippen molar-refractivity contribution in [3.8, 4) is 5.75 Å². The van der Waals surface area contributed by atoms with Gasteiger partial charge in [-0.3, -0.25) is 4.79 Å². The predicted octanol–water partition coefficient (Wildman–Crippen LogP) is 3.82. The third-order valence-electron chi connectivity index (χ3n) is 3.82. The molecule has 0 spiro atoms. The number of aliphatic hydroxyl groups is 1. The van der Waals surface area contributed by atoms with Gasteiger partial charge in [0, 0.05) is 12.1 Å². The first kappa shape index (κ1) is 18.3. The summed E-state index contributed by atoms with van der Waals surface area (Å²) in [5.74, 6) is 0.644. The lowest BCUT2D eigenvalue weighted by atomic mass is 10.0. The number of para-hydroxylation sites is 1. The van der Waals surface area contributed by atoms with Gasteiger partial charge in [-0.1, -0.05) is 49.7 Å². The number of hydrogen-bond acceptors (Lipinski definition) is 3. The van der Waals surface area contributed by atoms with Gasteiger partial charge in [-0.2, -0.15) is 0 Å². The van der Waals surface area contributed by atoms with E-state index in [4.69, 9.17) is 16.3 Å². The van der Waals surface area contributed by atoms with Crippen molar-refractivity contribution >= 4 is 17.5 Å². The molecule has 0 saturated carbocycles. The van der Waals surface area contributed by atoms with Gasteiger partial charge >= 0.3 is 0 Å². The lowest BCUT2D eigenvalue weighted by Gasteiger charge is -2.17. The molecule has 1 amide bonds. The van der Waals surface area contributed by atoms with E-state index in [9.17, 15) is 9.90 Å². The first-order valence-electron chi connectivity index (χ1n) is 7.83. The van der Waals surface area contributed by atoms with Gasteiger partial charge < -0.3 is 15.2 Å². The summed E-state index contributed by atoms with van der Waals surface area (Å²) in [5.41, 5.74) is 2.27. The molecule has 0 aliphatic carbocycles. The lowest BCUT2D eigenvalue weighted by Crippen LogP contribution is -2.26. The maximum absolute atomic E-state index is 11.7. The third-order valence-corrected chi connectivity index (χ3v) is 4.05. The summed E-state index contributed by atoms with van der Waals surface area (Å²) in [6, 6.07) is 12.8. The van der Waals surface area contributed by atoms with Crippen molar-refractivity contribution < 1.29 is 14.6 Å². The summed E-state index contributed by atoms with van der Waals surface area (Å²) in [6.45, 7) is 4.42. The molecule has 128 valence electrons. The smallest absolute Gasteiger partial charge is 0.253 e. The molecule has 0 aromatic heterocycles. The van der Waals surface area contributed by atoms with Gasteiger partial charge in [0.1, 0.15) is 12.4 Å². The summed E-state index contributed by atoms with van der Waals surface area (Å²) in [6.07, 6.45) is -1.26. The Balaban J connectivity index is 2.27. The van der Waals surface area contributed by atoms with Crippen molar-refractivity contribution in [2.45, 2.75) is 32.5 Å². The zero-order chi connectivity index (χ0) is 17.7. The Morgan fingerprint density at radius 3 is 2.58 bits per heavy atom. The molecular weight excluding hydrogens is 326 g/mol. The summed E-state index contributed by atoms with van der Waals surface area (Å²) < 4.78 is 5.94. The molecule has 0 saturated heterocycles. The maximum Gasteiger partial charge on any atom is 0.253 e. The van der Waals surface area contributed by atoms with Crippen LogP contribution in [0.5, 0.6) is 5.75 Å². The van der Waals surface area contributed by atoms with E-state index in [1.54, 1.807) is 18.2 Å². The number of likely N-dealkylation sites (N-methyl/N-ethyl adjacent to an activating group) is 1. The molecule has 2 rings (SSSR count). The fraction of sp³-hybridized carbons (Fsp3) is 0.316. The van der Waals surface area contributed by atoms with Crippen molar-refractivity contribution in [1.29, 1.82) is 0 Å². The molecule has 2 N–H and O–H groups in total. The van der Waals surface area contributed by atoms with Gasteiger partial charge in [-0.05, 0) is 40.8 Å². The summed E-state index contributed by atoms with van der Waals surface area (Å²) in [5, 5.41) is 13.2. The van der Waals surface area contributed by atoms with E-state index < -0.39 is 12.0 Å². The van der Waals surface area contributed by atoms with E-state index in [0.717, 1.165) is 11.3 Å². The third kappa shape index (κ3) is 4.28. The van der Waals surface area contributed by atoms with Crippen LogP contribution >= 0.6 is 11.6 Å². The van der Waals surface area contributed by atoms with Crippen LogP contribution in [-0.2, 0) is 11.4 Å².